The van der Waals surface area contributed by atoms with Crippen LogP contribution in [0.2, 0.25) is 0 Å². The van der Waals surface area contributed by atoms with Gasteiger partial charge in [-0.05, 0) is 33.8 Å². The first-order valence-corrected chi connectivity index (χ1v) is 7.19. The van der Waals surface area contributed by atoms with E-state index in [1.165, 1.54) is 0 Å². The standard InChI is InChI=1S/C15H19BN4O2/c1-14(2)15(3,4)22-16(21-14)10-7-6-9(8-17)11-12(10)20(5)19-13(11)18/h6-7H,1-5H3,(H2,18,19). The van der Waals surface area contributed by atoms with Gasteiger partial charge >= 0.3 is 7.12 Å². The maximum absolute atomic E-state index is 9.29. The summed E-state index contributed by atoms with van der Waals surface area (Å²) < 4.78 is 13.9. The first kappa shape index (κ1) is 14.9. The lowest BCUT2D eigenvalue weighted by atomic mass is 9.77. The van der Waals surface area contributed by atoms with Crippen molar-refractivity contribution in [3.05, 3.63) is 17.7 Å². The van der Waals surface area contributed by atoms with E-state index >= 15 is 0 Å². The topological polar surface area (TPSA) is 86.1 Å². The SMILES string of the molecule is Cn1nc(N)c2c(C#N)ccc(B3OC(C)(C)C(C)(C)O3)c21. The number of hydrogen-bond donors (Lipinski definition) is 1. The van der Waals surface area contributed by atoms with Crippen LogP contribution in [0.4, 0.5) is 5.82 Å². The molecule has 2 aromatic rings. The molecule has 0 saturated carbocycles. The van der Waals surface area contributed by atoms with Crippen LogP contribution in [0.5, 0.6) is 0 Å². The number of nitrogens with zero attached hydrogens (tertiary/aromatic N) is 3. The van der Waals surface area contributed by atoms with Crippen LogP contribution in [0.1, 0.15) is 33.3 Å². The van der Waals surface area contributed by atoms with E-state index in [1.807, 2.05) is 33.8 Å². The molecule has 7 heteroatoms. The zero-order valence-corrected chi connectivity index (χ0v) is 13.5. The molecule has 0 amide bonds. The van der Waals surface area contributed by atoms with Crippen LogP contribution in [-0.4, -0.2) is 28.1 Å². The molecule has 1 fully saturated rings. The summed E-state index contributed by atoms with van der Waals surface area (Å²) in [7, 11) is 1.28. The van der Waals surface area contributed by atoms with Crippen molar-refractivity contribution in [3.63, 3.8) is 0 Å². The highest BCUT2D eigenvalue weighted by molar-refractivity contribution is 6.65. The third-order valence-corrected chi connectivity index (χ3v) is 4.67. The average molecular weight is 298 g/mol. The summed E-state index contributed by atoms with van der Waals surface area (Å²) in [5.74, 6) is 0.340. The number of nitriles is 1. The molecule has 0 aliphatic carbocycles. The Bertz CT molecular complexity index is 788. The van der Waals surface area contributed by atoms with Crippen molar-refractivity contribution in [2.24, 2.45) is 7.05 Å². The Morgan fingerprint density at radius 1 is 1.23 bits per heavy atom. The molecular formula is C15H19BN4O2. The van der Waals surface area contributed by atoms with E-state index in [-0.39, 0.29) is 0 Å². The minimum absolute atomic E-state index is 0.340. The summed E-state index contributed by atoms with van der Waals surface area (Å²) >= 11 is 0. The minimum atomic E-state index is -0.518. The highest BCUT2D eigenvalue weighted by Gasteiger charge is 2.52. The predicted octanol–water partition coefficient (Wildman–Crippen LogP) is 1.33. The normalized spacial score (nSPS) is 19.5. The van der Waals surface area contributed by atoms with E-state index in [4.69, 9.17) is 15.0 Å². The van der Waals surface area contributed by atoms with Crippen LogP contribution in [0.25, 0.3) is 10.9 Å². The molecule has 0 unspecified atom stereocenters. The first-order chi connectivity index (χ1) is 10.2. The van der Waals surface area contributed by atoms with Crippen LogP contribution in [-0.2, 0) is 16.4 Å². The summed E-state index contributed by atoms with van der Waals surface area (Å²) in [5.41, 5.74) is 7.21. The number of fused-ring (bicyclic) bond motifs is 1. The molecule has 2 heterocycles. The van der Waals surface area contributed by atoms with E-state index < -0.39 is 18.3 Å². The Kier molecular flexibility index (Phi) is 3.03. The van der Waals surface area contributed by atoms with E-state index in [9.17, 15) is 5.26 Å². The summed E-state index contributed by atoms with van der Waals surface area (Å²) in [4.78, 5) is 0. The smallest absolute Gasteiger partial charge is 0.399 e. The average Bonchev–Trinajstić information content (AvgIpc) is 2.83. The number of hydrogen-bond acceptors (Lipinski definition) is 5. The molecule has 2 N–H and O–H groups in total. The van der Waals surface area contributed by atoms with Gasteiger partial charge in [0.2, 0.25) is 0 Å². The fourth-order valence-electron chi connectivity index (χ4n) is 2.73. The lowest BCUT2D eigenvalue weighted by Gasteiger charge is -2.32. The number of anilines is 1. The molecular weight excluding hydrogens is 279 g/mol. The molecule has 0 spiro atoms. The monoisotopic (exact) mass is 298 g/mol. The van der Waals surface area contributed by atoms with Crippen LogP contribution in [0.3, 0.4) is 0 Å². The van der Waals surface area contributed by atoms with Crippen LogP contribution in [0.15, 0.2) is 12.1 Å². The van der Waals surface area contributed by atoms with Crippen molar-refractivity contribution >= 4 is 29.3 Å². The van der Waals surface area contributed by atoms with Gasteiger partial charge in [-0.25, -0.2) is 0 Å². The van der Waals surface area contributed by atoms with E-state index in [0.717, 1.165) is 11.0 Å². The van der Waals surface area contributed by atoms with Gasteiger partial charge in [0.25, 0.3) is 0 Å². The van der Waals surface area contributed by atoms with Crippen LogP contribution < -0.4 is 11.2 Å². The summed E-state index contributed by atoms with van der Waals surface area (Å²) in [6, 6.07) is 5.75. The zero-order valence-electron chi connectivity index (χ0n) is 13.5. The predicted molar refractivity (Wildman–Crippen MR) is 85.6 cm³/mol. The number of nitrogens with two attached hydrogens (primary N) is 1. The van der Waals surface area contributed by atoms with Gasteiger partial charge in [0, 0.05) is 12.5 Å². The molecule has 1 saturated heterocycles. The Morgan fingerprint density at radius 3 is 2.36 bits per heavy atom. The number of aryl methyl sites for hydroxylation is 1. The maximum atomic E-state index is 9.29. The molecule has 0 radical (unpaired) electrons. The van der Waals surface area contributed by atoms with Crippen molar-refractivity contribution < 1.29 is 9.31 Å². The number of nitrogen functional groups attached to an aromatic ring is 1. The Balaban J connectivity index is 2.21. The highest BCUT2D eigenvalue weighted by atomic mass is 16.7. The second-order valence-corrected chi connectivity index (χ2v) is 6.63. The molecule has 3 rings (SSSR count). The molecule has 6 nitrogen and oxygen atoms in total. The number of benzene rings is 1. The molecule has 22 heavy (non-hydrogen) atoms. The van der Waals surface area contributed by atoms with Crippen molar-refractivity contribution in [1.82, 2.24) is 9.78 Å². The fraction of sp³-hybridized carbons (Fsp3) is 0.467. The van der Waals surface area contributed by atoms with Gasteiger partial charge in [-0.3, -0.25) is 4.68 Å². The summed E-state index contributed by atoms with van der Waals surface area (Å²) in [6.07, 6.45) is 0. The van der Waals surface area contributed by atoms with E-state index in [0.29, 0.717) is 16.8 Å². The van der Waals surface area contributed by atoms with Crippen molar-refractivity contribution in [2.45, 2.75) is 38.9 Å². The second-order valence-electron chi connectivity index (χ2n) is 6.63. The minimum Gasteiger partial charge on any atom is -0.399 e. The van der Waals surface area contributed by atoms with E-state index in [2.05, 4.69) is 11.2 Å². The van der Waals surface area contributed by atoms with Gasteiger partial charge in [0.05, 0.1) is 33.7 Å². The number of aromatic nitrogens is 2. The molecule has 1 aromatic heterocycles. The van der Waals surface area contributed by atoms with Crippen molar-refractivity contribution in [2.75, 3.05) is 5.73 Å². The Morgan fingerprint density at radius 2 is 1.82 bits per heavy atom. The van der Waals surface area contributed by atoms with E-state index in [1.54, 1.807) is 17.8 Å². The molecule has 0 bridgehead atoms. The van der Waals surface area contributed by atoms with Gasteiger partial charge in [0.1, 0.15) is 0 Å². The van der Waals surface area contributed by atoms with Crippen LogP contribution >= 0.6 is 0 Å². The third-order valence-electron chi connectivity index (χ3n) is 4.67. The Hall–Kier alpha value is -2.04. The van der Waals surface area contributed by atoms with Gasteiger partial charge in [-0.2, -0.15) is 10.4 Å². The molecule has 1 aliphatic heterocycles. The molecule has 0 atom stereocenters. The van der Waals surface area contributed by atoms with Crippen molar-refractivity contribution in [1.29, 1.82) is 5.26 Å². The highest BCUT2D eigenvalue weighted by Crippen LogP contribution is 2.37. The largest absolute Gasteiger partial charge is 0.497 e. The fourth-order valence-corrected chi connectivity index (χ4v) is 2.73. The second kappa shape index (κ2) is 4.48. The molecule has 1 aliphatic rings. The lowest BCUT2D eigenvalue weighted by Crippen LogP contribution is -2.41. The summed E-state index contributed by atoms with van der Waals surface area (Å²) in [6.45, 7) is 8.02. The zero-order chi connectivity index (χ0) is 16.3. The van der Waals surface area contributed by atoms with Gasteiger partial charge < -0.3 is 15.0 Å². The van der Waals surface area contributed by atoms with Gasteiger partial charge in [-0.1, -0.05) is 6.07 Å². The quantitative estimate of drug-likeness (QED) is 0.803. The summed E-state index contributed by atoms with van der Waals surface area (Å²) in [5, 5.41) is 14.2. The molecule has 114 valence electrons. The first-order valence-electron chi connectivity index (χ1n) is 7.19. The third kappa shape index (κ3) is 1.91. The maximum Gasteiger partial charge on any atom is 0.497 e. The van der Waals surface area contributed by atoms with Crippen LogP contribution in [0, 0.1) is 11.3 Å². The van der Waals surface area contributed by atoms with Crippen molar-refractivity contribution in [3.8, 4) is 6.07 Å². The van der Waals surface area contributed by atoms with Gasteiger partial charge in [0.15, 0.2) is 5.82 Å². The lowest BCUT2D eigenvalue weighted by molar-refractivity contribution is 0.00578. The number of rotatable bonds is 1. The molecule has 1 aromatic carbocycles. The Labute approximate surface area is 129 Å². The van der Waals surface area contributed by atoms with Gasteiger partial charge in [-0.15, -0.1) is 0 Å².